The van der Waals surface area contributed by atoms with Gasteiger partial charge in [-0.1, -0.05) is 127 Å². The van der Waals surface area contributed by atoms with Gasteiger partial charge in [0.1, 0.15) is 11.3 Å². The van der Waals surface area contributed by atoms with Crippen LogP contribution < -0.4 is 10.4 Å². The normalized spacial score (nSPS) is 28.1. The van der Waals surface area contributed by atoms with Crippen molar-refractivity contribution in [2.24, 2.45) is 23.7 Å². The highest BCUT2D eigenvalue weighted by Gasteiger charge is 2.65. The van der Waals surface area contributed by atoms with E-state index < -0.39 is 47.9 Å². The van der Waals surface area contributed by atoms with Gasteiger partial charge in [-0.15, -0.1) is 0 Å². The number of ether oxygens (including phenoxy) is 4. The third-order valence-electron chi connectivity index (χ3n) is 18.8. The van der Waals surface area contributed by atoms with E-state index in [1.165, 1.54) is 34.9 Å². The SMILES string of the molecule is COCC(CCO)c1c(CO)c2ccc3c(c2oc1=O)C1OC(=O)CC2CC(c4cccc(Cc5ccccc5)c4)C=CC2c2ccc(cc2)CCC(=C(C)CO)C(=O)OC1C1(CCCC2C4C=Cc5ccccc5C4CC21)O3. The number of aliphatic hydroxyl groups excluding tert-OH is 3. The van der Waals surface area contributed by atoms with E-state index in [0.29, 0.717) is 47.1 Å². The molecule has 408 valence electrons. The van der Waals surface area contributed by atoms with Crippen LogP contribution >= 0.6 is 0 Å². The molecule has 0 saturated heterocycles. The lowest BCUT2D eigenvalue weighted by atomic mass is 9.63. The van der Waals surface area contributed by atoms with Crippen molar-refractivity contribution >= 4 is 29.0 Å². The molecular weight excluding hydrogens is 993 g/mol. The van der Waals surface area contributed by atoms with Crippen molar-refractivity contribution < 1.29 is 48.3 Å². The van der Waals surface area contributed by atoms with Gasteiger partial charge in [-0.3, -0.25) is 4.79 Å². The third-order valence-corrected chi connectivity index (χ3v) is 18.8. The van der Waals surface area contributed by atoms with Gasteiger partial charge < -0.3 is 38.7 Å². The Bertz CT molecular complexity index is 3400. The van der Waals surface area contributed by atoms with Gasteiger partial charge >= 0.3 is 17.6 Å². The largest absolute Gasteiger partial charge is 0.482 e. The predicted molar refractivity (Wildman–Crippen MR) is 302 cm³/mol. The molecule has 2 bridgehead atoms. The van der Waals surface area contributed by atoms with E-state index in [2.05, 4.69) is 121 Å². The zero-order chi connectivity index (χ0) is 54.4. The highest BCUT2D eigenvalue weighted by molar-refractivity contribution is 5.90. The van der Waals surface area contributed by atoms with E-state index in [-0.39, 0.29) is 97.2 Å². The summed E-state index contributed by atoms with van der Waals surface area (Å²) in [4.78, 5) is 45.7. The third kappa shape index (κ3) is 9.81. The van der Waals surface area contributed by atoms with Gasteiger partial charge in [-0.05, 0) is 151 Å². The molecule has 7 aliphatic rings. The smallest absolute Gasteiger partial charge is 0.340 e. The van der Waals surface area contributed by atoms with Crippen molar-refractivity contribution in [3.05, 3.63) is 211 Å². The van der Waals surface area contributed by atoms with Crippen molar-refractivity contribution in [1.29, 1.82) is 0 Å². The van der Waals surface area contributed by atoms with Gasteiger partial charge in [0.25, 0.3) is 0 Å². The van der Waals surface area contributed by atoms with Crippen LogP contribution in [0.25, 0.3) is 17.0 Å². The molecule has 79 heavy (non-hydrogen) atoms. The first-order valence-electron chi connectivity index (χ1n) is 28.5. The van der Waals surface area contributed by atoms with E-state index >= 15 is 9.59 Å². The quantitative estimate of drug-likeness (QED) is 0.0518. The first-order valence-corrected chi connectivity index (χ1v) is 28.5. The summed E-state index contributed by atoms with van der Waals surface area (Å²) >= 11 is 0. The number of aliphatic hydroxyl groups is 3. The van der Waals surface area contributed by atoms with Crippen LogP contribution in [0, 0.1) is 23.7 Å². The fourth-order valence-corrected chi connectivity index (χ4v) is 15.1. The minimum atomic E-state index is -1.34. The van der Waals surface area contributed by atoms with Crippen LogP contribution in [0.3, 0.4) is 0 Å². The first-order chi connectivity index (χ1) is 38.6. The Morgan fingerprint density at radius 2 is 1.63 bits per heavy atom. The summed E-state index contributed by atoms with van der Waals surface area (Å²) in [6.07, 6.45) is 11.8. The highest BCUT2D eigenvalue weighted by Crippen LogP contribution is 2.64. The molecule has 13 rings (SSSR count). The number of esters is 2. The minimum absolute atomic E-state index is 0.0109. The van der Waals surface area contributed by atoms with Crippen molar-refractivity contribution in [3.63, 3.8) is 0 Å². The Balaban J connectivity index is 1.02. The average Bonchev–Trinajstić information content (AvgIpc) is 4.15. The monoisotopic (exact) mass is 1060 g/mol. The number of rotatable bonds is 10. The van der Waals surface area contributed by atoms with Crippen LogP contribution in [0.1, 0.15) is 144 Å². The van der Waals surface area contributed by atoms with Crippen LogP contribution in [0.5, 0.6) is 5.75 Å². The molecule has 4 aliphatic carbocycles. The van der Waals surface area contributed by atoms with Crippen LogP contribution in [-0.4, -0.2) is 65.9 Å². The number of hydrogen-bond donors (Lipinski definition) is 3. The number of aryl methyl sites for hydroxylation is 1. The van der Waals surface area contributed by atoms with Gasteiger partial charge in [-0.2, -0.15) is 0 Å². The molecular formula is C68H70O11. The number of benzene rings is 5. The molecule has 3 N–H and O–H groups in total. The fourth-order valence-electron chi connectivity index (χ4n) is 15.1. The zero-order valence-corrected chi connectivity index (χ0v) is 45.1. The summed E-state index contributed by atoms with van der Waals surface area (Å²) < 4.78 is 33.8. The topological polar surface area (TPSA) is 162 Å². The maximum atomic E-state index is 15.7. The van der Waals surface area contributed by atoms with Crippen molar-refractivity contribution in [1.82, 2.24) is 0 Å². The second-order valence-electron chi connectivity index (χ2n) is 23.1. The fraction of sp³-hybridized carbons (Fsp3) is 0.397. The Morgan fingerprint density at radius 3 is 2.43 bits per heavy atom. The summed E-state index contributed by atoms with van der Waals surface area (Å²) in [5, 5.41) is 32.5. The van der Waals surface area contributed by atoms with Crippen LogP contribution in [0.15, 0.2) is 154 Å². The first kappa shape index (κ1) is 52.8. The van der Waals surface area contributed by atoms with Gasteiger partial charge in [0.05, 0.1) is 25.4 Å². The van der Waals surface area contributed by atoms with E-state index in [1.807, 2.05) is 12.1 Å². The summed E-state index contributed by atoms with van der Waals surface area (Å²) in [5.74, 6) is -1.43. The molecule has 2 saturated carbocycles. The van der Waals surface area contributed by atoms with Crippen LogP contribution in [0.2, 0.25) is 0 Å². The van der Waals surface area contributed by atoms with Crippen LogP contribution in [-0.2, 0) is 43.2 Å². The second-order valence-corrected chi connectivity index (χ2v) is 23.1. The van der Waals surface area contributed by atoms with Gasteiger partial charge in [-0.25, -0.2) is 9.59 Å². The molecule has 1 spiro atoms. The molecule has 11 unspecified atom stereocenters. The number of allylic oxidation sites excluding steroid dienone is 3. The van der Waals surface area contributed by atoms with E-state index in [0.717, 1.165) is 36.8 Å². The Hall–Kier alpha value is -6.89. The molecule has 11 heteroatoms. The van der Waals surface area contributed by atoms with Crippen LogP contribution in [0.4, 0.5) is 0 Å². The standard InChI is InChI=1S/C68H70O11/c1-40(37-70)50-24-19-41-17-20-45(21-18-41)51-25-23-47(46-14-8-12-43(33-46)32-42-10-4-3-5-11-42)34-49(51)35-60(72)76-64-62-59(28-27-55-57(38-71)61(67(74)77-63(55)62)48(29-31-69)39-75-2)79-68(65(64)78-66(50)73)30-9-16-54-53-26-22-44-13-6-7-15-52(44)56(53)36-58(54)68/h3-8,10-15,17-18,20-23,25-28,33,47-49,51,53-54,56,58,64-65,69-71H,9,16,19,24,29-32,34-39H2,1-2H3. The summed E-state index contributed by atoms with van der Waals surface area (Å²) in [6.45, 7) is 0.689. The summed E-state index contributed by atoms with van der Waals surface area (Å²) in [7, 11) is 1.51. The molecule has 5 aromatic carbocycles. The molecule has 6 aromatic rings. The number of fused-ring (bicyclic) bond motifs is 17. The zero-order valence-electron chi connectivity index (χ0n) is 45.1. The number of carbonyl (C=O) groups is 2. The number of methoxy groups -OCH3 is 1. The number of carbonyl (C=O) groups excluding carboxylic acids is 2. The lowest BCUT2D eigenvalue weighted by Gasteiger charge is -2.53. The van der Waals surface area contributed by atoms with Gasteiger partial charge in [0.15, 0.2) is 17.8 Å². The van der Waals surface area contributed by atoms with E-state index in [4.69, 9.17) is 23.4 Å². The Labute approximate surface area is 461 Å². The maximum absolute atomic E-state index is 15.7. The summed E-state index contributed by atoms with van der Waals surface area (Å²) in [5.41, 5.74) is 7.77. The molecule has 1 aromatic heterocycles. The predicted octanol–water partition coefficient (Wildman–Crippen LogP) is 11.7. The maximum Gasteiger partial charge on any atom is 0.340 e. The molecule has 11 atom stereocenters. The number of hydrogen-bond acceptors (Lipinski definition) is 11. The van der Waals surface area contributed by atoms with Crippen molar-refractivity contribution in [2.45, 2.75) is 119 Å². The summed E-state index contributed by atoms with van der Waals surface area (Å²) in [6, 6.07) is 39.7. The van der Waals surface area contributed by atoms with E-state index in [9.17, 15) is 20.1 Å². The molecule has 4 heterocycles. The van der Waals surface area contributed by atoms with Crippen molar-refractivity contribution in [3.8, 4) is 5.75 Å². The molecule has 0 radical (unpaired) electrons. The second kappa shape index (κ2) is 22.3. The van der Waals surface area contributed by atoms with E-state index in [1.54, 1.807) is 13.0 Å². The van der Waals surface area contributed by atoms with Crippen molar-refractivity contribution in [2.75, 3.05) is 26.9 Å². The molecule has 3 aliphatic heterocycles. The van der Waals surface area contributed by atoms with Gasteiger partial charge in [0.2, 0.25) is 0 Å². The molecule has 11 nitrogen and oxygen atoms in total. The molecule has 2 fully saturated rings. The highest BCUT2D eigenvalue weighted by atomic mass is 16.6. The molecule has 0 amide bonds. The van der Waals surface area contributed by atoms with Gasteiger partial charge in [0, 0.05) is 60.3 Å². The Kier molecular flexibility index (Phi) is 14.9. The average molecular weight is 1060 g/mol. The lowest BCUT2D eigenvalue weighted by molar-refractivity contribution is -0.212. The minimum Gasteiger partial charge on any atom is -0.482 e. The lowest BCUT2D eigenvalue weighted by Crippen LogP contribution is -2.62. The Morgan fingerprint density at radius 1 is 0.823 bits per heavy atom.